The Labute approximate surface area is 270 Å². The van der Waals surface area contributed by atoms with E-state index in [4.69, 9.17) is 18.9 Å². The van der Waals surface area contributed by atoms with Crippen LogP contribution in [0.5, 0.6) is 17.2 Å². The van der Waals surface area contributed by atoms with Crippen LogP contribution in [0.25, 0.3) is 0 Å². The Morgan fingerprint density at radius 3 is 2.59 bits per heavy atom. The molecule has 4 aliphatic carbocycles. The van der Waals surface area contributed by atoms with Gasteiger partial charge in [0.1, 0.15) is 34.5 Å². The minimum atomic E-state index is -1.64. The number of benzene rings is 1. The van der Waals surface area contributed by atoms with Crippen LogP contribution in [-0.2, 0) is 25.5 Å². The molecule has 1 aromatic rings. The molecule has 1 N–H and O–H groups in total. The lowest BCUT2D eigenvalue weighted by atomic mass is 9.51. The summed E-state index contributed by atoms with van der Waals surface area (Å²) in [6, 6.07) is 0. The zero-order valence-electron chi connectivity index (χ0n) is 27.8. The molecule has 0 amide bonds. The Balaban J connectivity index is 1.52. The molecule has 0 radical (unpaired) electrons. The zero-order valence-corrected chi connectivity index (χ0v) is 27.8. The number of phenolic OH excluding ortho intramolecular Hbond substituents is 1. The molecule has 4 unspecified atom stereocenters. The fraction of sp³-hybridized carbons (Fsp3) is 0.553. The average molecular weight is 629 g/mol. The van der Waals surface area contributed by atoms with E-state index in [-0.39, 0.29) is 46.4 Å². The van der Waals surface area contributed by atoms with Gasteiger partial charge in [0, 0.05) is 34.5 Å². The van der Waals surface area contributed by atoms with Crippen molar-refractivity contribution >= 4 is 18.0 Å². The highest BCUT2D eigenvalue weighted by Gasteiger charge is 2.81. The standard InChI is InChI=1S/C38H44O8/c1-19(2)9-10-24-32-28(25-17-36(8,44-32)13-12-23(25)20(3)4)31(41)29-30(40)26-15-22-16-27-35(6,7)46-37(34(22)42,14-11-21(5)43-18-39)38(26,27)45-33(24)29/h9,11,14-15,18,21-23,25,27,41H,3,10,12-13,16-17H2,1-2,4-8H3/t21?,22-,23?,25-,27?,36-,37?,38-/m1/s1. The number of Topliss-reactive ketones (excluding diaryl/α,β-unsaturated/α-hetero) is 2. The van der Waals surface area contributed by atoms with E-state index in [2.05, 4.69) is 19.6 Å². The number of ketones is 2. The molecule has 1 aromatic carbocycles. The smallest absolute Gasteiger partial charge is 0.293 e. The van der Waals surface area contributed by atoms with Crippen LogP contribution in [0.3, 0.4) is 0 Å². The minimum absolute atomic E-state index is 0.0650. The molecular formula is C38H44O8. The van der Waals surface area contributed by atoms with E-state index < -0.39 is 34.4 Å². The van der Waals surface area contributed by atoms with Crippen LogP contribution in [0.2, 0.25) is 0 Å². The topological polar surface area (TPSA) is 108 Å². The van der Waals surface area contributed by atoms with Gasteiger partial charge in [0.25, 0.3) is 6.47 Å². The van der Waals surface area contributed by atoms with Gasteiger partial charge in [-0.1, -0.05) is 29.9 Å². The number of fused-ring (bicyclic) bond motifs is 5. The van der Waals surface area contributed by atoms with Gasteiger partial charge < -0.3 is 24.1 Å². The molecular weight excluding hydrogens is 584 g/mol. The van der Waals surface area contributed by atoms with Gasteiger partial charge in [0.05, 0.1) is 5.60 Å². The van der Waals surface area contributed by atoms with E-state index in [1.165, 1.54) is 0 Å². The second kappa shape index (κ2) is 9.93. The molecule has 0 aromatic heterocycles. The number of carbonyl (C=O) groups is 3. The number of hydrogen-bond acceptors (Lipinski definition) is 8. The molecule has 6 bridgehead atoms. The Morgan fingerprint density at radius 2 is 1.91 bits per heavy atom. The third kappa shape index (κ3) is 3.91. The van der Waals surface area contributed by atoms with E-state index in [0.717, 1.165) is 24.0 Å². The van der Waals surface area contributed by atoms with E-state index in [1.54, 1.807) is 25.2 Å². The van der Waals surface area contributed by atoms with Crippen molar-refractivity contribution in [3.63, 3.8) is 0 Å². The van der Waals surface area contributed by atoms with Crippen molar-refractivity contribution in [2.24, 2.45) is 17.8 Å². The molecule has 8 heteroatoms. The quantitative estimate of drug-likeness (QED) is 0.265. The molecule has 2 saturated carbocycles. The van der Waals surface area contributed by atoms with E-state index >= 15 is 0 Å². The Hall–Kier alpha value is -3.65. The Morgan fingerprint density at radius 1 is 1.17 bits per heavy atom. The van der Waals surface area contributed by atoms with Gasteiger partial charge >= 0.3 is 0 Å². The molecule has 244 valence electrons. The van der Waals surface area contributed by atoms with E-state index in [9.17, 15) is 19.5 Å². The van der Waals surface area contributed by atoms with Crippen LogP contribution in [0.15, 0.2) is 47.6 Å². The lowest BCUT2D eigenvalue weighted by molar-refractivity contribution is -0.160. The lowest BCUT2D eigenvalue weighted by Crippen LogP contribution is -2.71. The fourth-order valence-corrected chi connectivity index (χ4v) is 9.52. The second-order valence-corrected chi connectivity index (χ2v) is 15.4. The maximum absolute atomic E-state index is 15.0. The summed E-state index contributed by atoms with van der Waals surface area (Å²) in [5, 5.41) is 12.2. The van der Waals surface area contributed by atoms with Crippen LogP contribution in [0.4, 0.5) is 0 Å². The van der Waals surface area contributed by atoms with Crippen LogP contribution in [0.1, 0.15) is 102 Å². The third-order valence-corrected chi connectivity index (χ3v) is 11.6. The maximum Gasteiger partial charge on any atom is 0.293 e. The van der Waals surface area contributed by atoms with Gasteiger partial charge in [-0.3, -0.25) is 14.4 Å². The van der Waals surface area contributed by atoms with Gasteiger partial charge in [-0.2, -0.15) is 0 Å². The molecule has 3 aliphatic heterocycles. The highest BCUT2D eigenvalue weighted by atomic mass is 16.6. The normalized spacial score (nSPS) is 36.5. The van der Waals surface area contributed by atoms with Gasteiger partial charge in [0.15, 0.2) is 22.8 Å². The first-order valence-corrected chi connectivity index (χ1v) is 16.5. The summed E-state index contributed by atoms with van der Waals surface area (Å²) in [6.07, 6.45) is 9.74. The summed E-state index contributed by atoms with van der Waals surface area (Å²) in [5.41, 5.74) is -0.480. The largest absolute Gasteiger partial charge is 0.507 e. The molecule has 3 heterocycles. The van der Waals surface area contributed by atoms with Gasteiger partial charge in [0.2, 0.25) is 0 Å². The van der Waals surface area contributed by atoms with Gasteiger partial charge in [-0.05, 0) is 98.6 Å². The summed E-state index contributed by atoms with van der Waals surface area (Å²) in [6.45, 7) is 18.4. The summed E-state index contributed by atoms with van der Waals surface area (Å²) < 4.78 is 25.9. The van der Waals surface area contributed by atoms with Crippen molar-refractivity contribution in [2.45, 2.75) is 115 Å². The first kappa shape index (κ1) is 31.0. The number of hydrogen-bond donors (Lipinski definition) is 1. The van der Waals surface area contributed by atoms with E-state index in [1.807, 2.05) is 34.6 Å². The molecule has 3 fully saturated rings. The Kier molecular flexibility index (Phi) is 6.68. The summed E-state index contributed by atoms with van der Waals surface area (Å²) in [4.78, 5) is 40.4. The van der Waals surface area contributed by atoms with Crippen LogP contribution < -0.4 is 9.47 Å². The monoisotopic (exact) mass is 628 g/mol. The molecule has 46 heavy (non-hydrogen) atoms. The molecule has 7 aliphatic rings. The van der Waals surface area contributed by atoms with Crippen molar-refractivity contribution in [1.29, 1.82) is 0 Å². The van der Waals surface area contributed by atoms with Crippen LogP contribution in [-0.4, -0.2) is 51.7 Å². The summed E-state index contributed by atoms with van der Waals surface area (Å²) >= 11 is 0. The van der Waals surface area contributed by atoms with Crippen molar-refractivity contribution in [3.8, 4) is 17.2 Å². The molecule has 1 spiro atoms. The molecule has 8 rings (SSSR count). The zero-order chi connectivity index (χ0) is 33.1. The first-order valence-electron chi connectivity index (χ1n) is 16.5. The molecule has 1 saturated heterocycles. The Bertz CT molecular complexity index is 1690. The number of allylic oxidation sites excluding steroid dienone is 4. The van der Waals surface area contributed by atoms with Crippen LogP contribution >= 0.6 is 0 Å². The number of aromatic hydroxyl groups is 1. The number of phenols is 1. The average Bonchev–Trinajstić information content (AvgIpc) is 3.12. The SMILES string of the molecule is C=C(C)C1CC[C@]2(C)C[C@H]1c1c(O)c3c(c(CC=C(C)C)c1O2)O[C@]12C(=C[C@@H]4CC1C(C)(C)OC2(C=CC(C)OC=O)C4=O)C3=O. The molecule has 8 nitrogen and oxygen atoms in total. The predicted molar refractivity (Wildman–Crippen MR) is 171 cm³/mol. The van der Waals surface area contributed by atoms with Crippen LogP contribution in [0, 0.1) is 17.8 Å². The highest BCUT2D eigenvalue weighted by Crippen LogP contribution is 2.69. The minimum Gasteiger partial charge on any atom is -0.507 e. The van der Waals surface area contributed by atoms with Crippen molar-refractivity contribution in [3.05, 3.63) is 64.3 Å². The number of ether oxygens (including phenoxy) is 4. The predicted octanol–water partition coefficient (Wildman–Crippen LogP) is 6.64. The summed E-state index contributed by atoms with van der Waals surface area (Å²) in [7, 11) is 0. The fourth-order valence-electron chi connectivity index (χ4n) is 9.52. The highest BCUT2D eigenvalue weighted by molar-refractivity contribution is 6.19. The number of rotatable bonds is 7. The lowest BCUT2D eigenvalue weighted by Gasteiger charge is -2.56. The number of carbonyl (C=O) groups excluding carboxylic acids is 3. The van der Waals surface area contributed by atoms with Gasteiger partial charge in [-0.25, -0.2) is 0 Å². The molecule has 8 atom stereocenters. The van der Waals surface area contributed by atoms with E-state index in [0.29, 0.717) is 48.2 Å². The van der Waals surface area contributed by atoms with Gasteiger partial charge in [-0.15, -0.1) is 0 Å². The summed E-state index contributed by atoms with van der Waals surface area (Å²) in [5.74, 6) is -0.685. The third-order valence-electron chi connectivity index (χ3n) is 11.6. The first-order chi connectivity index (χ1) is 21.6. The van der Waals surface area contributed by atoms with Crippen molar-refractivity contribution in [1.82, 2.24) is 0 Å². The second-order valence-electron chi connectivity index (χ2n) is 15.4. The maximum atomic E-state index is 15.0. The van der Waals surface area contributed by atoms with Crippen molar-refractivity contribution in [2.75, 3.05) is 0 Å². The van der Waals surface area contributed by atoms with Crippen molar-refractivity contribution < 1.29 is 38.4 Å².